The Kier molecular flexibility index (Phi) is 7.39. The van der Waals surface area contributed by atoms with Gasteiger partial charge in [-0.05, 0) is 64.8 Å². The van der Waals surface area contributed by atoms with E-state index in [4.69, 9.17) is 9.47 Å². The van der Waals surface area contributed by atoms with E-state index in [1.54, 1.807) is 25.3 Å². The Morgan fingerprint density at radius 1 is 1.09 bits per heavy atom. The molecule has 1 aromatic heterocycles. The van der Waals surface area contributed by atoms with Gasteiger partial charge in [-0.2, -0.15) is 0 Å². The van der Waals surface area contributed by atoms with E-state index < -0.39 is 0 Å². The molecular formula is C25H25BrFN3O2. The molecule has 0 bridgehead atoms. The van der Waals surface area contributed by atoms with Crippen molar-refractivity contribution in [1.29, 1.82) is 0 Å². The number of nitrogens with zero attached hydrogens (tertiary/aromatic N) is 1. The largest absolute Gasteiger partial charge is 0.493 e. The van der Waals surface area contributed by atoms with E-state index in [1.165, 1.54) is 6.07 Å². The number of halogens is 2. The molecule has 1 heterocycles. The Morgan fingerprint density at radius 3 is 2.72 bits per heavy atom. The molecule has 0 aliphatic carbocycles. The van der Waals surface area contributed by atoms with Crippen molar-refractivity contribution in [2.75, 3.05) is 13.7 Å². The highest BCUT2D eigenvalue weighted by atomic mass is 79.9. The van der Waals surface area contributed by atoms with Crippen LogP contribution in [0.3, 0.4) is 0 Å². The topological polar surface area (TPSA) is 59.2 Å². The van der Waals surface area contributed by atoms with Crippen LogP contribution in [0.2, 0.25) is 0 Å². The molecule has 7 heteroatoms. The Hall–Kier alpha value is -2.90. The van der Waals surface area contributed by atoms with E-state index in [-0.39, 0.29) is 12.4 Å². The summed E-state index contributed by atoms with van der Waals surface area (Å²) >= 11 is 3.56. The van der Waals surface area contributed by atoms with Crippen LogP contribution in [0.5, 0.6) is 11.5 Å². The first kappa shape index (κ1) is 22.3. The highest BCUT2D eigenvalue weighted by Gasteiger charge is 2.13. The first-order valence-corrected chi connectivity index (χ1v) is 11.3. The third-order valence-corrected chi connectivity index (χ3v) is 5.74. The van der Waals surface area contributed by atoms with Crippen molar-refractivity contribution < 1.29 is 13.9 Å². The van der Waals surface area contributed by atoms with Gasteiger partial charge in [0, 0.05) is 18.5 Å². The van der Waals surface area contributed by atoms with Crippen molar-refractivity contribution in [1.82, 2.24) is 15.3 Å². The number of rotatable bonds is 10. The average Bonchev–Trinajstić information content (AvgIpc) is 3.21. The van der Waals surface area contributed by atoms with Crippen LogP contribution in [0.1, 0.15) is 23.4 Å². The number of hydrogen-bond donors (Lipinski definition) is 2. The van der Waals surface area contributed by atoms with Gasteiger partial charge in [0.05, 0.1) is 22.6 Å². The molecular weight excluding hydrogens is 473 g/mol. The zero-order valence-electron chi connectivity index (χ0n) is 17.8. The first-order chi connectivity index (χ1) is 15.6. The van der Waals surface area contributed by atoms with Gasteiger partial charge >= 0.3 is 0 Å². The maximum Gasteiger partial charge on any atom is 0.175 e. The lowest BCUT2D eigenvalue weighted by Gasteiger charge is -2.15. The second-order valence-corrected chi connectivity index (χ2v) is 8.32. The fourth-order valence-corrected chi connectivity index (χ4v) is 4.12. The summed E-state index contributed by atoms with van der Waals surface area (Å²) in [5.74, 6) is 1.89. The molecule has 0 amide bonds. The second-order valence-electron chi connectivity index (χ2n) is 7.47. The second kappa shape index (κ2) is 10.6. The van der Waals surface area contributed by atoms with Gasteiger partial charge < -0.3 is 19.8 Å². The lowest BCUT2D eigenvalue weighted by Crippen LogP contribution is -2.15. The molecule has 2 N–H and O–H groups in total. The number of benzene rings is 3. The van der Waals surface area contributed by atoms with Crippen molar-refractivity contribution in [2.45, 2.75) is 26.0 Å². The average molecular weight is 498 g/mol. The molecule has 3 aromatic carbocycles. The highest BCUT2D eigenvalue weighted by molar-refractivity contribution is 9.10. The van der Waals surface area contributed by atoms with Gasteiger partial charge in [0.15, 0.2) is 11.5 Å². The minimum Gasteiger partial charge on any atom is -0.493 e. The zero-order chi connectivity index (χ0) is 22.3. The van der Waals surface area contributed by atoms with Crippen LogP contribution >= 0.6 is 15.9 Å². The molecule has 4 aromatic rings. The minimum absolute atomic E-state index is 0.126. The summed E-state index contributed by atoms with van der Waals surface area (Å²) in [6.07, 6.45) is 1.86. The number of aryl methyl sites for hydroxylation is 1. The smallest absolute Gasteiger partial charge is 0.175 e. The van der Waals surface area contributed by atoms with E-state index in [2.05, 4.69) is 31.2 Å². The van der Waals surface area contributed by atoms with E-state index in [9.17, 15) is 4.39 Å². The summed E-state index contributed by atoms with van der Waals surface area (Å²) in [6.45, 7) is 1.69. The zero-order valence-corrected chi connectivity index (χ0v) is 19.4. The van der Waals surface area contributed by atoms with Gasteiger partial charge in [0.1, 0.15) is 18.2 Å². The van der Waals surface area contributed by atoms with Gasteiger partial charge in [-0.1, -0.05) is 30.3 Å². The lowest BCUT2D eigenvalue weighted by molar-refractivity contribution is 0.277. The highest BCUT2D eigenvalue weighted by Crippen LogP contribution is 2.37. The van der Waals surface area contributed by atoms with Crippen LogP contribution in [0.25, 0.3) is 11.0 Å². The quantitative estimate of drug-likeness (QED) is 0.273. The van der Waals surface area contributed by atoms with Crippen molar-refractivity contribution in [3.63, 3.8) is 0 Å². The molecule has 5 nitrogen and oxygen atoms in total. The van der Waals surface area contributed by atoms with Crippen molar-refractivity contribution in [2.24, 2.45) is 0 Å². The molecule has 166 valence electrons. The summed E-state index contributed by atoms with van der Waals surface area (Å²) in [5, 5.41) is 3.46. The number of hydrogen-bond acceptors (Lipinski definition) is 4. The molecule has 0 aliphatic heterocycles. The molecule has 4 rings (SSSR count). The van der Waals surface area contributed by atoms with E-state index in [0.29, 0.717) is 23.6 Å². The van der Waals surface area contributed by atoms with E-state index in [0.717, 1.165) is 46.3 Å². The van der Waals surface area contributed by atoms with Crippen LogP contribution < -0.4 is 14.8 Å². The lowest BCUT2D eigenvalue weighted by atomic mass is 10.2. The minimum atomic E-state index is -0.286. The van der Waals surface area contributed by atoms with Crippen LogP contribution in [0, 0.1) is 5.82 Å². The number of nitrogens with one attached hydrogen (secondary N) is 2. The predicted octanol–water partition coefficient (Wildman–Crippen LogP) is 5.77. The fraction of sp³-hybridized carbons (Fsp3) is 0.240. The van der Waals surface area contributed by atoms with Crippen LogP contribution in [0.15, 0.2) is 65.1 Å². The van der Waals surface area contributed by atoms with E-state index >= 15 is 0 Å². The molecule has 0 atom stereocenters. The third kappa shape index (κ3) is 5.47. The Balaban J connectivity index is 1.29. The number of ether oxygens (including phenoxy) is 2. The maximum absolute atomic E-state index is 13.9. The van der Waals surface area contributed by atoms with Crippen molar-refractivity contribution >= 4 is 27.0 Å². The number of aromatic amines is 1. The molecule has 0 spiro atoms. The summed E-state index contributed by atoms with van der Waals surface area (Å²) in [5.41, 5.74) is 3.64. The van der Waals surface area contributed by atoms with Crippen molar-refractivity contribution in [3.8, 4) is 11.5 Å². The van der Waals surface area contributed by atoms with Crippen LogP contribution in [-0.4, -0.2) is 23.6 Å². The molecule has 0 fully saturated rings. The summed E-state index contributed by atoms with van der Waals surface area (Å²) in [6, 6.07) is 18.6. The summed E-state index contributed by atoms with van der Waals surface area (Å²) in [7, 11) is 1.60. The number of fused-ring (bicyclic) bond motifs is 1. The van der Waals surface area contributed by atoms with Gasteiger partial charge in [0.2, 0.25) is 0 Å². The molecule has 0 saturated heterocycles. The number of H-pyrrole nitrogens is 1. The molecule has 0 saturated carbocycles. The maximum atomic E-state index is 13.9. The standard InChI is InChI=1S/C25H25BrFN3O2/c1-31-23-14-17(13-19(26)25(23)32-16-18-7-2-3-8-20(18)27)15-28-12-6-11-24-29-21-9-4-5-10-22(21)30-24/h2-5,7-10,13-14,28H,6,11-12,15-16H2,1H3,(H,29,30). The third-order valence-electron chi connectivity index (χ3n) is 5.15. The predicted molar refractivity (Wildman–Crippen MR) is 128 cm³/mol. The van der Waals surface area contributed by atoms with Crippen LogP contribution in [0.4, 0.5) is 4.39 Å². The molecule has 32 heavy (non-hydrogen) atoms. The fourth-order valence-electron chi connectivity index (χ4n) is 3.52. The Morgan fingerprint density at radius 2 is 1.91 bits per heavy atom. The SMILES string of the molecule is COc1cc(CNCCCc2nc3ccccc3[nH]2)cc(Br)c1OCc1ccccc1F. The summed E-state index contributed by atoms with van der Waals surface area (Å²) in [4.78, 5) is 7.97. The number of aromatic nitrogens is 2. The number of methoxy groups -OCH3 is 1. The van der Waals surface area contributed by atoms with Gasteiger partial charge in [-0.3, -0.25) is 0 Å². The van der Waals surface area contributed by atoms with Gasteiger partial charge in [-0.25, -0.2) is 9.37 Å². The normalized spacial score (nSPS) is 11.1. The van der Waals surface area contributed by atoms with Crippen molar-refractivity contribution in [3.05, 3.63) is 87.9 Å². The van der Waals surface area contributed by atoms with Crippen LogP contribution in [-0.2, 0) is 19.6 Å². The Bertz CT molecular complexity index is 1160. The number of para-hydroxylation sites is 2. The first-order valence-electron chi connectivity index (χ1n) is 10.5. The molecule has 0 unspecified atom stereocenters. The van der Waals surface area contributed by atoms with Gasteiger partial charge in [0.25, 0.3) is 0 Å². The monoisotopic (exact) mass is 497 g/mol. The van der Waals surface area contributed by atoms with Gasteiger partial charge in [-0.15, -0.1) is 0 Å². The molecule has 0 radical (unpaired) electrons. The summed E-state index contributed by atoms with van der Waals surface area (Å²) < 4.78 is 26.0. The van der Waals surface area contributed by atoms with E-state index in [1.807, 2.05) is 36.4 Å². The Labute approximate surface area is 195 Å². The molecule has 0 aliphatic rings. The number of imidazole rings is 1.